The SMILES string of the molecule is CC(C)=CCC/C(C)=C/CC/C(C)=C/CC/C(C)=C/COP(=O)(OC/C=C(\C)CC/C=C(\C)CC/C=C(\C)CCC=C(C)C)C(Cc1cn[nH]n1)P(=O)(OC/C=C(\C)CC/C=C(\C)CC/C=C(\C)CCC=C(C)C)OC/C=C(\C)CC/C=C(\C)CC/C=C(\C)CCC=C(C)C. The van der Waals surface area contributed by atoms with Crippen LogP contribution in [-0.2, 0) is 33.6 Å². The smallest absolute Gasteiger partial charge is 0.304 e. The minimum Gasteiger partial charge on any atom is -0.304 e. The molecule has 0 aromatic carbocycles. The van der Waals surface area contributed by atoms with Crippen molar-refractivity contribution >= 4 is 15.2 Å². The molecule has 0 aliphatic heterocycles. The van der Waals surface area contributed by atoms with Crippen molar-refractivity contribution in [2.24, 2.45) is 0 Å². The van der Waals surface area contributed by atoms with Crippen LogP contribution in [0.15, 0.2) is 193 Å². The summed E-state index contributed by atoms with van der Waals surface area (Å²) in [6.07, 6.45) is 61.0. The molecule has 95 heavy (non-hydrogen) atoms. The summed E-state index contributed by atoms with van der Waals surface area (Å²) in [7, 11) is -8.77. The summed E-state index contributed by atoms with van der Waals surface area (Å²) in [5, 5.41) is 9.84. The Balaban J connectivity index is 3.73. The Morgan fingerprint density at radius 3 is 0.653 bits per heavy atom. The largest absolute Gasteiger partial charge is 0.346 e. The highest BCUT2D eigenvalue weighted by Crippen LogP contribution is 2.71. The Morgan fingerprint density at radius 2 is 0.484 bits per heavy atom. The van der Waals surface area contributed by atoms with Crippen LogP contribution in [0.2, 0.25) is 0 Å². The number of rotatable bonds is 52. The van der Waals surface area contributed by atoms with Crippen LogP contribution in [0.1, 0.15) is 298 Å². The van der Waals surface area contributed by atoms with Crippen LogP contribution in [0.3, 0.4) is 0 Å². The van der Waals surface area contributed by atoms with Crippen molar-refractivity contribution in [2.75, 3.05) is 26.4 Å². The average molecular weight is 1350 g/mol. The second kappa shape index (κ2) is 53.3. The number of allylic oxidation sites excluding steroid dienone is 28. The van der Waals surface area contributed by atoms with Crippen molar-refractivity contribution in [3.8, 4) is 0 Å². The Hall–Kier alpha value is -4.72. The summed E-state index contributed by atoms with van der Waals surface area (Å²) >= 11 is 0. The molecule has 534 valence electrons. The Morgan fingerprint density at radius 1 is 0.305 bits per heavy atom. The second-order valence-corrected chi connectivity index (χ2v) is 33.0. The molecule has 11 heteroatoms. The molecule has 0 amide bonds. The predicted octanol–water partition coefficient (Wildman–Crippen LogP) is 27.7. The van der Waals surface area contributed by atoms with E-state index in [2.05, 4.69) is 227 Å². The summed E-state index contributed by atoms with van der Waals surface area (Å²) < 4.78 is 58.5. The average Bonchev–Trinajstić information content (AvgIpc) is 1.49. The maximum absolute atomic E-state index is 16.1. The maximum atomic E-state index is 16.1. The van der Waals surface area contributed by atoms with Gasteiger partial charge in [0.15, 0.2) is 5.40 Å². The van der Waals surface area contributed by atoms with Crippen molar-refractivity contribution in [3.05, 3.63) is 198 Å². The summed E-state index contributed by atoms with van der Waals surface area (Å²) in [6.45, 7) is 43.2. The molecule has 0 fully saturated rings. The lowest BCUT2D eigenvalue weighted by Gasteiger charge is -2.31. The van der Waals surface area contributed by atoms with Gasteiger partial charge in [0, 0.05) is 6.42 Å². The van der Waals surface area contributed by atoms with Crippen molar-refractivity contribution in [2.45, 2.75) is 304 Å². The van der Waals surface area contributed by atoms with E-state index in [9.17, 15) is 0 Å². The first-order valence-corrected chi connectivity index (χ1v) is 39.4. The number of aromatic amines is 1. The molecule has 1 N–H and O–H groups in total. The van der Waals surface area contributed by atoms with Crippen molar-refractivity contribution < 1.29 is 27.2 Å². The standard InChI is InChI=1S/C84H137N3O6P2/c1-67(2)33-21-37-71(9)41-25-45-75(13)49-29-53-79(17)57-61-90-94(88,91-62-58-80(18)54-30-50-76(14)46-26-42-72(10)38-22-34-68(3)4)84(65-83-66-85-87-86-83)95(89,92-63-59-81(19)55-31-51-77(15)47-27-43-73(11)39-23-35-69(5)6)93-64-60-82(20)56-32-52-78(16)48-28-44-74(12)40-24-36-70(7)8/h33-36,41-44,49-52,57-60,66,84H,21-32,37-40,45-48,53-56,61-65H2,1-20H3,(H,85,86,87)/b71-41+,72-42+,73-43+,74-44+,75-49+,76-50+,77-51+,78-52+,79-57+,80-58+,81-59+,82-60+. The van der Waals surface area contributed by atoms with E-state index in [0.29, 0.717) is 5.69 Å². The number of nitrogens with zero attached hydrogens (tertiary/aromatic N) is 2. The van der Waals surface area contributed by atoms with Crippen LogP contribution < -0.4 is 0 Å². The van der Waals surface area contributed by atoms with E-state index in [1.807, 2.05) is 24.3 Å². The van der Waals surface area contributed by atoms with E-state index in [1.165, 1.54) is 66.9 Å². The fourth-order valence-corrected chi connectivity index (χ4v) is 15.4. The van der Waals surface area contributed by atoms with Crippen LogP contribution in [0.25, 0.3) is 0 Å². The van der Waals surface area contributed by atoms with E-state index in [4.69, 9.17) is 18.1 Å². The van der Waals surface area contributed by atoms with Gasteiger partial charge in [0.2, 0.25) is 0 Å². The van der Waals surface area contributed by atoms with Gasteiger partial charge in [0.25, 0.3) is 0 Å². The highest BCUT2D eigenvalue weighted by Gasteiger charge is 2.51. The molecular formula is C84H137N3O6P2. The van der Waals surface area contributed by atoms with E-state index >= 15 is 9.13 Å². The van der Waals surface area contributed by atoms with Crippen molar-refractivity contribution in [1.82, 2.24) is 15.4 Å². The van der Waals surface area contributed by atoms with E-state index in [0.717, 1.165) is 176 Å². The molecule has 0 saturated carbocycles. The van der Waals surface area contributed by atoms with Crippen LogP contribution in [0.4, 0.5) is 0 Å². The van der Waals surface area contributed by atoms with Crippen molar-refractivity contribution in [3.63, 3.8) is 0 Å². The number of nitrogens with one attached hydrogen (secondary N) is 1. The van der Waals surface area contributed by atoms with E-state index in [-0.39, 0.29) is 32.8 Å². The molecule has 0 aliphatic carbocycles. The zero-order valence-corrected chi connectivity index (χ0v) is 65.9. The summed E-state index contributed by atoms with van der Waals surface area (Å²) in [5.74, 6) is 0. The molecule has 1 aromatic rings. The number of hydrogen-bond acceptors (Lipinski definition) is 8. The quantitative estimate of drug-likeness (QED) is 0.0507. The van der Waals surface area contributed by atoms with E-state index < -0.39 is 20.6 Å². The first-order valence-electron chi connectivity index (χ1n) is 36.1. The van der Waals surface area contributed by atoms with E-state index in [1.54, 1.807) is 6.20 Å². The van der Waals surface area contributed by atoms with Gasteiger partial charge in [-0.05, 0) is 293 Å². The van der Waals surface area contributed by atoms with Crippen LogP contribution in [0, 0.1) is 0 Å². The fourth-order valence-electron chi connectivity index (χ4n) is 10.4. The van der Waals surface area contributed by atoms with Gasteiger partial charge in [-0.2, -0.15) is 15.4 Å². The van der Waals surface area contributed by atoms with Gasteiger partial charge in [-0.15, -0.1) is 0 Å². The molecule has 1 rings (SSSR count). The summed E-state index contributed by atoms with van der Waals surface area (Å²) in [4.78, 5) is 0. The third kappa shape index (κ3) is 48.6. The molecule has 0 radical (unpaired) electrons. The zero-order valence-electron chi connectivity index (χ0n) is 64.1. The zero-order chi connectivity index (χ0) is 70.9. The summed E-state index contributed by atoms with van der Waals surface area (Å²) in [5.41, 5.74) is 21.5. The Kier molecular flexibility index (Phi) is 49.5. The molecular weight excluding hydrogens is 1210 g/mol. The fraction of sp³-hybridized carbons (Fsp3) is 0.595. The molecule has 0 saturated heterocycles. The molecule has 0 atom stereocenters. The second-order valence-electron chi connectivity index (χ2n) is 28.1. The Bertz CT molecular complexity index is 2620. The van der Waals surface area contributed by atoms with Crippen LogP contribution >= 0.6 is 15.2 Å². The molecule has 0 aliphatic rings. The first-order chi connectivity index (χ1) is 45.1. The van der Waals surface area contributed by atoms with Gasteiger partial charge in [-0.1, -0.05) is 186 Å². The molecule has 0 unspecified atom stereocenters. The highest BCUT2D eigenvalue weighted by molar-refractivity contribution is 7.72. The monoisotopic (exact) mass is 1350 g/mol. The highest BCUT2D eigenvalue weighted by atomic mass is 31.2. The van der Waals surface area contributed by atoms with Crippen molar-refractivity contribution in [1.29, 1.82) is 0 Å². The number of H-pyrrole nitrogens is 1. The lowest BCUT2D eigenvalue weighted by atomic mass is 10.0. The molecule has 9 nitrogen and oxygen atoms in total. The lowest BCUT2D eigenvalue weighted by Crippen LogP contribution is -2.21. The van der Waals surface area contributed by atoms with Gasteiger partial charge in [-0.3, -0.25) is 9.13 Å². The minimum atomic E-state index is -4.39. The minimum absolute atomic E-state index is 0.0227. The maximum Gasteiger partial charge on any atom is 0.346 e. The Labute approximate surface area is 583 Å². The molecule has 1 aromatic heterocycles. The van der Waals surface area contributed by atoms with Gasteiger partial charge >= 0.3 is 15.2 Å². The molecule has 0 spiro atoms. The van der Waals surface area contributed by atoms with Crippen LogP contribution in [-0.4, -0.2) is 47.2 Å². The number of hydrogen-bond donors (Lipinski definition) is 1. The lowest BCUT2D eigenvalue weighted by molar-refractivity contribution is 0.209. The third-order valence-electron chi connectivity index (χ3n) is 16.9. The predicted molar refractivity (Wildman–Crippen MR) is 417 cm³/mol. The molecule has 0 bridgehead atoms. The first kappa shape index (κ1) is 88.3. The summed E-state index contributed by atoms with van der Waals surface area (Å²) in [6, 6.07) is 0. The van der Waals surface area contributed by atoms with Gasteiger partial charge < -0.3 is 18.1 Å². The van der Waals surface area contributed by atoms with Gasteiger partial charge in [0.05, 0.1) is 38.3 Å². The third-order valence-corrected chi connectivity index (χ3v) is 22.5. The normalized spacial score (nSPS) is 15.1. The molecule has 1 heterocycles. The van der Waals surface area contributed by atoms with Gasteiger partial charge in [-0.25, -0.2) is 0 Å². The number of aromatic nitrogens is 3. The topological polar surface area (TPSA) is 113 Å². The van der Waals surface area contributed by atoms with Crippen LogP contribution in [0.5, 0.6) is 0 Å². The van der Waals surface area contributed by atoms with Gasteiger partial charge in [0.1, 0.15) is 0 Å².